The lowest BCUT2D eigenvalue weighted by Crippen LogP contribution is -2.38. The molecule has 4 heteroatoms. The molecule has 2 heterocycles. The molecule has 0 amide bonds. The number of aryl methyl sites for hydroxylation is 1. The van der Waals surface area contributed by atoms with Gasteiger partial charge in [-0.05, 0) is 30.2 Å². The van der Waals surface area contributed by atoms with Crippen LogP contribution in [0.4, 0.5) is 0 Å². The van der Waals surface area contributed by atoms with E-state index in [2.05, 4.69) is 16.5 Å². The minimum absolute atomic E-state index is 0.00639. The number of nitrogens with zero attached hydrogens (tertiary/aromatic N) is 1. The Morgan fingerprint density at radius 3 is 2.84 bits per heavy atom. The number of benzene rings is 1. The number of hydrogen-bond acceptors (Lipinski definition) is 4. The van der Waals surface area contributed by atoms with E-state index in [-0.39, 0.29) is 12.1 Å². The van der Waals surface area contributed by atoms with Gasteiger partial charge in [-0.15, -0.1) is 0 Å². The topological polar surface area (TPSA) is 60.2 Å². The zero-order valence-electron chi connectivity index (χ0n) is 10.8. The lowest BCUT2D eigenvalue weighted by atomic mass is 9.99. The maximum atomic E-state index is 5.97. The number of para-hydroxylation sites is 1. The minimum Gasteiger partial charge on any atom is -0.488 e. The van der Waals surface area contributed by atoms with Gasteiger partial charge in [-0.3, -0.25) is 10.8 Å². The van der Waals surface area contributed by atoms with Gasteiger partial charge in [0, 0.05) is 18.3 Å². The zero-order chi connectivity index (χ0) is 13.2. The van der Waals surface area contributed by atoms with Gasteiger partial charge in [0.2, 0.25) is 0 Å². The van der Waals surface area contributed by atoms with E-state index in [0.717, 1.165) is 23.4 Å². The number of pyridine rings is 1. The molecule has 1 aliphatic rings. The van der Waals surface area contributed by atoms with E-state index in [1.807, 2.05) is 43.5 Å². The summed E-state index contributed by atoms with van der Waals surface area (Å²) in [7, 11) is 0. The summed E-state index contributed by atoms with van der Waals surface area (Å²) in [6.07, 6.45) is 2.72. The number of nitrogens with two attached hydrogens (primary N) is 1. The summed E-state index contributed by atoms with van der Waals surface area (Å²) in [4.78, 5) is 4.32. The summed E-state index contributed by atoms with van der Waals surface area (Å²) in [6.45, 7) is 1.97. The first-order valence-electron chi connectivity index (χ1n) is 6.41. The molecule has 0 radical (unpaired) electrons. The predicted molar refractivity (Wildman–Crippen MR) is 73.6 cm³/mol. The van der Waals surface area contributed by atoms with Crippen molar-refractivity contribution in [2.45, 2.75) is 25.5 Å². The van der Waals surface area contributed by atoms with Crippen LogP contribution in [0.3, 0.4) is 0 Å². The Hall–Kier alpha value is -1.91. The van der Waals surface area contributed by atoms with E-state index in [1.54, 1.807) is 0 Å². The van der Waals surface area contributed by atoms with E-state index >= 15 is 0 Å². The van der Waals surface area contributed by atoms with Crippen molar-refractivity contribution in [3.63, 3.8) is 0 Å². The first-order chi connectivity index (χ1) is 9.28. The third-order valence-electron chi connectivity index (χ3n) is 3.52. The molecular formula is C15H17N3O. The molecule has 4 nitrogen and oxygen atoms in total. The van der Waals surface area contributed by atoms with Crippen molar-refractivity contribution in [1.82, 2.24) is 10.4 Å². The van der Waals surface area contributed by atoms with Crippen molar-refractivity contribution in [2.75, 3.05) is 0 Å². The normalized spacial score (nSPS) is 18.7. The lowest BCUT2D eigenvalue weighted by Gasteiger charge is -2.22. The van der Waals surface area contributed by atoms with E-state index in [0.29, 0.717) is 0 Å². The van der Waals surface area contributed by atoms with Crippen molar-refractivity contribution in [3.05, 3.63) is 59.4 Å². The first-order valence-corrected chi connectivity index (χ1v) is 6.41. The van der Waals surface area contributed by atoms with Crippen LogP contribution in [0.2, 0.25) is 0 Å². The van der Waals surface area contributed by atoms with Crippen LogP contribution in [-0.4, -0.2) is 11.1 Å². The van der Waals surface area contributed by atoms with Crippen molar-refractivity contribution in [2.24, 2.45) is 5.84 Å². The highest BCUT2D eigenvalue weighted by molar-refractivity contribution is 5.38. The highest BCUT2D eigenvalue weighted by Gasteiger charge is 2.30. The average molecular weight is 255 g/mol. The Balaban J connectivity index is 1.83. The summed E-state index contributed by atoms with van der Waals surface area (Å²) >= 11 is 0. The molecule has 19 heavy (non-hydrogen) atoms. The molecule has 2 aromatic rings. The quantitative estimate of drug-likeness (QED) is 0.649. The van der Waals surface area contributed by atoms with Crippen LogP contribution in [0.15, 0.2) is 42.6 Å². The molecule has 1 aromatic carbocycles. The van der Waals surface area contributed by atoms with E-state index in [1.165, 1.54) is 5.56 Å². The van der Waals surface area contributed by atoms with Crippen molar-refractivity contribution in [1.29, 1.82) is 0 Å². The van der Waals surface area contributed by atoms with Gasteiger partial charge < -0.3 is 4.74 Å². The highest BCUT2D eigenvalue weighted by Crippen LogP contribution is 2.33. The number of ether oxygens (including phenoxy) is 1. The fraction of sp³-hybridized carbons (Fsp3) is 0.267. The van der Waals surface area contributed by atoms with Crippen molar-refractivity contribution in [3.8, 4) is 5.75 Å². The number of fused-ring (bicyclic) bond motifs is 1. The molecule has 1 aromatic heterocycles. The van der Waals surface area contributed by atoms with E-state index in [4.69, 9.17) is 10.6 Å². The van der Waals surface area contributed by atoms with Crippen LogP contribution in [0.5, 0.6) is 5.75 Å². The Morgan fingerprint density at radius 1 is 1.32 bits per heavy atom. The smallest absolute Gasteiger partial charge is 0.124 e. The molecule has 1 aliphatic heterocycles. The fourth-order valence-electron chi connectivity index (χ4n) is 2.48. The largest absolute Gasteiger partial charge is 0.488 e. The third-order valence-corrected chi connectivity index (χ3v) is 3.52. The summed E-state index contributed by atoms with van der Waals surface area (Å²) in [5, 5.41) is 0. The van der Waals surface area contributed by atoms with Crippen molar-refractivity contribution < 1.29 is 4.74 Å². The number of aromatic nitrogens is 1. The third kappa shape index (κ3) is 2.32. The van der Waals surface area contributed by atoms with Crippen LogP contribution < -0.4 is 16.0 Å². The van der Waals surface area contributed by atoms with E-state index in [9.17, 15) is 0 Å². The molecule has 0 aliphatic carbocycles. The second kappa shape index (κ2) is 4.99. The summed E-state index contributed by atoms with van der Waals surface area (Å²) in [5.41, 5.74) is 6.12. The molecular weight excluding hydrogens is 238 g/mol. The van der Waals surface area contributed by atoms with Gasteiger partial charge in [0.1, 0.15) is 11.9 Å². The zero-order valence-corrected chi connectivity index (χ0v) is 10.8. The molecule has 0 fully saturated rings. The number of hydrogen-bond donors (Lipinski definition) is 2. The second-order valence-corrected chi connectivity index (χ2v) is 4.85. The Morgan fingerprint density at radius 2 is 2.16 bits per heavy atom. The Bertz CT molecular complexity index is 543. The maximum Gasteiger partial charge on any atom is 0.124 e. The Kier molecular flexibility index (Phi) is 3.19. The van der Waals surface area contributed by atoms with Gasteiger partial charge in [-0.1, -0.05) is 24.3 Å². The number of nitrogens with one attached hydrogen (secondary N) is 1. The van der Waals surface area contributed by atoms with Gasteiger partial charge >= 0.3 is 0 Å². The lowest BCUT2D eigenvalue weighted by molar-refractivity contribution is 0.179. The summed E-state index contributed by atoms with van der Waals surface area (Å²) in [6, 6.07) is 12.1. The van der Waals surface area contributed by atoms with Crippen molar-refractivity contribution >= 4 is 0 Å². The Labute approximate surface area is 112 Å². The SMILES string of the molecule is Cc1ccc(C(NN)C2Cc3ccccc3O2)cn1. The highest BCUT2D eigenvalue weighted by atomic mass is 16.5. The van der Waals surface area contributed by atoms with Crippen LogP contribution in [0, 0.1) is 6.92 Å². The first kappa shape index (κ1) is 12.1. The van der Waals surface area contributed by atoms with Gasteiger partial charge in [0.15, 0.2) is 0 Å². The molecule has 2 unspecified atom stereocenters. The second-order valence-electron chi connectivity index (χ2n) is 4.85. The summed E-state index contributed by atoms with van der Waals surface area (Å²) in [5.74, 6) is 6.65. The standard InChI is InChI=1S/C15H17N3O/c1-10-6-7-12(9-17-10)15(18-16)14-8-11-4-2-3-5-13(11)19-14/h2-7,9,14-15,18H,8,16H2,1H3. The molecule has 0 saturated carbocycles. The van der Waals surface area contributed by atoms with Crippen LogP contribution >= 0.6 is 0 Å². The molecule has 0 saturated heterocycles. The number of rotatable bonds is 3. The predicted octanol–water partition coefficient (Wildman–Crippen LogP) is 1.90. The maximum absolute atomic E-state index is 5.97. The molecule has 0 bridgehead atoms. The van der Waals surface area contributed by atoms with Crippen LogP contribution in [0.25, 0.3) is 0 Å². The van der Waals surface area contributed by atoms with Gasteiger partial charge in [-0.2, -0.15) is 0 Å². The summed E-state index contributed by atoms with van der Waals surface area (Å²) < 4.78 is 5.97. The van der Waals surface area contributed by atoms with Gasteiger partial charge in [0.25, 0.3) is 0 Å². The monoisotopic (exact) mass is 255 g/mol. The molecule has 3 N–H and O–H groups in total. The van der Waals surface area contributed by atoms with Gasteiger partial charge in [-0.25, -0.2) is 5.43 Å². The van der Waals surface area contributed by atoms with Crippen LogP contribution in [0.1, 0.15) is 22.9 Å². The number of hydrazine groups is 1. The molecule has 2 atom stereocenters. The van der Waals surface area contributed by atoms with Crippen LogP contribution in [-0.2, 0) is 6.42 Å². The average Bonchev–Trinajstić information content (AvgIpc) is 2.85. The molecule has 3 rings (SSSR count). The van der Waals surface area contributed by atoms with Gasteiger partial charge in [0.05, 0.1) is 6.04 Å². The molecule has 98 valence electrons. The fourth-order valence-corrected chi connectivity index (χ4v) is 2.48. The molecule has 0 spiro atoms. The van der Waals surface area contributed by atoms with E-state index < -0.39 is 0 Å². The minimum atomic E-state index is -0.0551.